The molecule has 0 heterocycles. The van der Waals surface area contributed by atoms with Crippen LogP contribution in [0.4, 0.5) is 0 Å². The summed E-state index contributed by atoms with van der Waals surface area (Å²) in [5.74, 6) is 1.92. The van der Waals surface area contributed by atoms with Crippen LogP contribution in [0.3, 0.4) is 0 Å². The van der Waals surface area contributed by atoms with Gasteiger partial charge in [0.2, 0.25) is 0 Å². The number of benzene rings is 1. The van der Waals surface area contributed by atoms with E-state index in [9.17, 15) is 9.90 Å². The normalized spacial score (nSPS) is 12.0. The van der Waals surface area contributed by atoms with Gasteiger partial charge in [0.25, 0.3) is 0 Å². The Hall–Kier alpha value is -1.36. The first kappa shape index (κ1) is 19.7. The van der Waals surface area contributed by atoms with E-state index in [4.69, 9.17) is 9.47 Å². The van der Waals surface area contributed by atoms with E-state index >= 15 is 0 Å². The highest BCUT2D eigenvalue weighted by Crippen LogP contribution is 2.27. The van der Waals surface area contributed by atoms with Crippen LogP contribution >= 0.6 is 11.8 Å². The third kappa shape index (κ3) is 7.64. The Morgan fingerprint density at radius 3 is 2.78 bits per heavy atom. The maximum atomic E-state index is 11.8. The summed E-state index contributed by atoms with van der Waals surface area (Å²) in [6.45, 7) is 4.84. The molecule has 0 radical (unpaired) electrons. The lowest BCUT2D eigenvalue weighted by Gasteiger charge is -2.14. The van der Waals surface area contributed by atoms with Gasteiger partial charge in [-0.15, -0.1) is 11.8 Å². The van der Waals surface area contributed by atoms with Gasteiger partial charge in [-0.05, 0) is 30.0 Å². The van der Waals surface area contributed by atoms with Crippen molar-refractivity contribution in [2.45, 2.75) is 45.3 Å². The quantitative estimate of drug-likeness (QED) is 0.605. The predicted molar refractivity (Wildman–Crippen MR) is 95.1 cm³/mol. The fourth-order valence-electron chi connectivity index (χ4n) is 2.21. The highest BCUT2D eigenvalue weighted by Gasteiger charge is 2.10. The van der Waals surface area contributed by atoms with Gasteiger partial charge in [0, 0.05) is 5.75 Å². The van der Waals surface area contributed by atoms with E-state index in [2.05, 4.69) is 13.8 Å². The van der Waals surface area contributed by atoms with E-state index in [-0.39, 0.29) is 11.7 Å². The fraction of sp³-hybridized carbons (Fsp3) is 0.611. The summed E-state index contributed by atoms with van der Waals surface area (Å²) in [4.78, 5) is 11.8. The number of esters is 1. The lowest BCUT2D eigenvalue weighted by atomic mass is 10.0. The van der Waals surface area contributed by atoms with Crippen molar-refractivity contribution in [3.63, 3.8) is 0 Å². The summed E-state index contributed by atoms with van der Waals surface area (Å²) in [6, 6.07) is 5.21. The third-order valence-electron chi connectivity index (χ3n) is 3.76. The van der Waals surface area contributed by atoms with Gasteiger partial charge < -0.3 is 14.6 Å². The minimum Gasteiger partial charge on any atom is -0.504 e. The van der Waals surface area contributed by atoms with Crippen LogP contribution in [-0.2, 0) is 15.3 Å². The average molecular weight is 340 g/mol. The summed E-state index contributed by atoms with van der Waals surface area (Å²) in [7, 11) is 1.52. The molecule has 0 aliphatic carbocycles. The Labute approximate surface area is 143 Å². The van der Waals surface area contributed by atoms with Crippen molar-refractivity contribution >= 4 is 17.7 Å². The predicted octanol–water partition coefficient (Wildman–Crippen LogP) is 4.39. The molecule has 1 N–H and O–H groups in total. The van der Waals surface area contributed by atoms with Crippen LogP contribution in [0.5, 0.6) is 11.5 Å². The summed E-state index contributed by atoms with van der Waals surface area (Å²) >= 11 is 1.50. The van der Waals surface area contributed by atoms with Gasteiger partial charge in [-0.2, -0.15) is 0 Å². The first-order valence-electron chi connectivity index (χ1n) is 8.19. The molecular weight excluding hydrogens is 312 g/mol. The van der Waals surface area contributed by atoms with Gasteiger partial charge >= 0.3 is 5.97 Å². The number of hydrogen-bond acceptors (Lipinski definition) is 5. The zero-order valence-electron chi connectivity index (χ0n) is 14.3. The molecule has 1 aromatic carbocycles. The second-order valence-corrected chi connectivity index (χ2v) is 6.58. The molecule has 4 nitrogen and oxygen atoms in total. The lowest BCUT2D eigenvalue weighted by Crippen LogP contribution is -2.15. The van der Waals surface area contributed by atoms with E-state index in [1.54, 1.807) is 12.1 Å². The number of phenols is 1. The van der Waals surface area contributed by atoms with Crippen molar-refractivity contribution in [1.29, 1.82) is 0 Å². The molecule has 0 spiro atoms. The number of methoxy groups -OCH3 is 1. The zero-order valence-corrected chi connectivity index (χ0v) is 15.2. The average Bonchev–Trinajstić information content (AvgIpc) is 2.56. The minimum absolute atomic E-state index is 0.123. The molecule has 1 unspecified atom stereocenters. The molecule has 23 heavy (non-hydrogen) atoms. The highest BCUT2D eigenvalue weighted by atomic mass is 32.2. The van der Waals surface area contributed by atoms with Gasteiger partial charge in [0.15, 0.2) is 11.5 Å². The van der Waals surface area contributed by atoms with Crippen LogP contribution in [0.2, 0.25) is 0 Å². The maximum absolute atomic E-state index is 11.8. The molecule has 1 aromatic rings. The molecular formula is C18H28O4S. The minimum atomic E-state index is -0.157. The van der Waals surface area contributed by atoms with Crippen molar-refractivity contribution in [1.82, 2.24) is 0 Å². The lowest BCUT2D eigenvalue weighted by molar-refractivity contribution is -0.141. The van der Waals surface area contributed by atoms with Crippen LogP contribution < -0.4 is 4.74 Å². The molecule has 1 rings (SSSR count). The molecule has 130 valence electrons. The summed E-state index contributed by atoms with van der Waals surface area (Å²) in [5.41, 5.74) is 1.01. The van der Waals surface area contributed by atoms with E-state index in [0.29, 0.717) is 29.8 Å². The second-order valence-electron chi connectivity index (χ2n) is 5.60. The number of aromatic hydroxyl groups is 1. The highest BCUT2D eigenvalue weighted by molar-refractivity contribution is 7.99. The smallest absolute Gasteiger partial charge is 0.315 e. The van der Waals surface area contributed by atoms with Gasteiger partial charge in [-0.25, -0.2) is 0 Å². The van der Waals surface area contributed by atoms with Crippen molar-refractivity contribution < 1.29 is 19.4 Å². The zero-order chi connectivity index (χ0) is 17.1. The SMILES string of the molecule is CCCCC(CC)COC(=O)CSCc1ccc(O)c(OC)c1. The molecule has 0 amide bonds. The number of ether oxygens (including phenoxy) is 2. The number of phenolic OH excluding ortho intramolecular Hbond substituents is 1. The van der Waals surface area contributed by atoms with Crippen molar-refractivity contribution in [2.75, 3.05) is 19.5 Å². The molecule has 0 aliphatic heterocycles. The van der Waals surface area contributed by atoms with Crippen LogP contribution in [0.15, 0.2) is 18.2 Å². The van der Waals surface area contributed by atoms with Gasteiger partial charge in [0.1, 0.15) is 0 Å². The van der Waals surface area contributed by atoms with E-state index in [1.165, 1.54) is 31.7 Å². The first-order valence-corrected chi connectivity index (χ1v) is 9.35. The van der Waals surface area contributed by atoms with Gasteiger partial charge in [0.05, 0.1) is 19.5 Å². The Bertz CT molecular complexity index is 476. The molecule has 1 atom stereocenters. The summed E-state index contributed by atoms with van der Waals surface area (Å²) in [6.07, 6.45) is 4.54. The second kappa shape index (κ2) is 11.2. The Morgan fingerprint density at radius 1 is 1.35 bits per heavy atom. The Kier molecular flexibility index (Phi) is 9.60. The fourth-order valence-corrected chi connectivity index (χ4v) is 2.98. The molecule has 0 aromatic heterocycles. The van der Waals surface area contributed by atoms with E-state index < -0.39 is 0 Å². The molecule has 0 saturated heterocycles. The number of hydrogen-bond donors (Lipinski definition) is 1. The van der Waals surface area contributed by atoms with Gasteiger partial charge in [-0.1, -0.05) is 39.2 Å². The number of carbonyl (C=O) groups excluding carboxylic acids is 1. The molecule has 0 aliphatic rings. The molecule has 0 bridgehead atoms. The van der Waals surface area contributed by atoms with E-state index in [1.807, 2.05) is 6.07 Å². The Morgan fingerprint density at radius 2 is 2.13 bits per heavy atom. The standard InChI is InChI=1S/C18H28O4S/c1-4-6-7-14(5-2)11-22-18(20)13-23-12-15-8-9-16(19)17(10-15)21-3/h8-10,14,19H,4-7,11-13H2,1-3H3. The number of carbonyl (C=O) groups is 1. The van der Waals surface area contributed by atoms with Crippen molar-refractivity contribution in [2.24, 2.45) is 5.92 Å². The molecule has 0 fully saturated rings. The number of unbranched alkanes of at least 4 members (excludes halogenated alkanes) is 1. The molecule has 0 saturated carbocycles. The van der Waals surface area contributed by atoms with Gasteiger partial charge in [-0.3, -0.25) is 4.79 Å². The topological polar surface area (TPSA) is 55.8 Å². The van der Waals surface area contributed by atoms with Crippen LogP contribution in [0, 0.1) is 5.92 Å². The van der Waals surface area contributed by atoms with Crippen molar-refractivity contribution in [3.8, 4) is 11.5 Å². The number of rotatable bonds is 11. The van der Waals surface area contributed by atoms with Crippen LogP contribution in [-0.4, -0.2) is 30.5 Å². The van der Waals surface area contributed by atoms with E-state index in [0.717, 1.165) is 18.4 Å². The monoisotopic (exact) mass is 340 g/mol. The van der Waals surface area contributed by atoms with Crippen molar-refractivity contribution in [3.05, 3.63) is 23.8 Å². The summed E-state index contributed by atoms with van der Waals surface area (Å²) in [5, 5.41) is 9.55. The maximum Gasteiger partial charge on any atom is 0.315 e. The third-order valence-corrected chi connectivity index (χ3v) is 4.73. The number of thioether (sulfide) groups is 1. The largest absolute Gasteiger partial charge is 0.504 e. The van der Waals surface area contributed by atoms with Crippen LogP contribution in [0.25, 0.3) is 0 Å². The Balaban J connectivity index is 2.28. The summed E-state index contributed by atoms with van der Waals surface area (Å²) < 4.78 is 10.4. The first-order chi connectivity index (χ1) is 11.1. The molecule has 5 heteroatoms. The van der Waals surface area contributed by atoms with Crippen LogP contribution in [0.1, 0.15) is 45.1 Å².